The highest BCUT2D eigenvalue weighted by Gasteiger charge is 2.24. The SMILES string of the molecule is CCCNC(=O)COc1c2cccc1Sc1cccc(c1OCC(=O)NCCC)Sc1cccc(c1OCC(=O)NCCC)Sc1cccc(c1OCC(=O)NCCC)S2. The molecule has 0 saturated carbocycles. The van der Waals surface area contributed by atoms with E-state index in [0.717, 1.165) is 25.7 Å². The number of ether oxygens (including phenoxy) is 4. The fourth-order valence-electron chi connectivity index (χ4n) is 5.48. The maximum atomic E-state index is 12.9. The normalized spacial score (nSPS) is 11.8. The molecule has 0 aliphatic carbocycles. The molecular formula is C44H52N4O8S4. The number of hydrogen-bond donors (Lipinski definition) is 4. The molecule has 0 aromatic heterocycles. The topological polar surface area (TPSA) is 153 Å². The summed E-state index contributed by atoms with van der Waals surface area (Å²) >= 11 is 5.53. The molecule has 16 heteroatoms. The van der Waals surface area contributed by atoms with Gasteiger partial charge < -0.3 is 40.2 Å². The van der Waals surface area contributed by atoms with Crippen molar-refractivity contribution in [3.05, 3.63) is 72.8 Å². The molecule has 4 N–H and O–H groups in total. The summed E-state index contributed by atoms with van der Waals surface area (Å²) in [5.41, 5.74) is 0. The van der Waals surface area contributed by atoms with Crippen LogP contribution in [0.4, 0.5) is 0 Å². The lowest BCUT2D eigenvalue weighted by Crippen LogP contribution is -2.29. The minimum atomic E-state index is -0.252. The molecule has 12 nitrogen and oxygen atoms in total. The van der Waals surface area contributed by atoms with E-state index in [1.807, 2.05) is 100 Å². The number of para-hydroxylation sites is 4. The first-order chi connectivity index (χ1) is 29.2. The van der Waals surface area contributed by atoms with Crippen LogP contribution in [0.1, 0.15) is 53.4 Å². The quantitative estimate of drug-likeness (QED) is 0.0596. The number of amides is 4. The molecular weight excluding hydrogens is 841 g/mol. The van der Waals surface area contributed by atoms with E-state index in [0.29, 0.717) is 88.3 Å². The van der Waals surface area contributed by atoms with E-state index in [2.05, 4.69) is 21.3 Å². The lowest BCUT2D eigenvalue weighted by atomic mass is 10.3. The van der Waals surface area contributed by atoms with Crippen molar-refractivity contribution in [3.63, 3.8) is 0 Å². The summed E-state index contributed by atoms with van der Waals surface area (Å²) < 4.78 is 25.5. The predicted octanol–water partition coefficient (Wildman–Crippen LogP) is 8.22. The van der Waals surface area contributed by atoms with Crippen LogP contribution in [-0.2, 0) is 19.2 Å². The lowest BCUT2D eigenvalue weighted by molar-refractivity contribution is -0.123. The molecule has 1 heterocycles. The zero-order valence-electron chi connectivity index (χ0n) is 34.3. The molecule has 4 amide bonds. The molecule has 1 aliphatic heterocycles. The van der Waals surface area contributed by atoms with Gasteiger partial charge in [0.25, 0.3) is 23.6 Å². The molecule has 60 heavy (non-hydrogen) atoms. The highest BCUT2D eigenvalue weighted by molar-refractivity contribution is 8.01. The molecule has 4 aromatic rings. The third kappa shape index (κ3) is 13.7. The Morgan fingerprint density at radius 3 is 0.717 bits per heavy atom. The van der Waals surface area contributed by atoms with Crippen LogP contribution in [0.3, 0.4) is 0 Å². The summed E-state index contributed by atoms with van der Waals surface area (Å²) in [6.45, 7) is 9.16. The Balaban J connectivity index is 1.69. The van der Waals surface area contributed by atoms with E-state index in [9.17, 15) is 19.2 Å². The summed E-state index contributed by atoms with van der Waals surface area (Å²) in [7, 11) is 0. The van der Waals surface area contributed by atoms with E-state index in [1.165, 1.54) is 47.0 Å². The van der Waals surface area contributed by atoms with Gasteiger partial charge in [0.1, 0.15) is 23.0 Å². The highest BCUT2D eigenvalue weighted by atomic mass is 32.2. The summed E-state index contributed by atoms with van der Waals surface area (Å²) in [6.07, 6.45) is 3.13. The first-order valence-electron chi connectivity index (χ1n) is 20.1. The van der Waals surface area contributed by atoms with Gasteiger partial charge in [0, 0.05) is 26.2 Å². The van der Waals surface area contributed by atoms with Crippen LogP contribution in [0.25, 0.3) is 0 Å². The van der Waals surface area contributed by atoms with Gasteiger partial charge in [-0.25, -0.2) is 0 Å². The van der Waals surface area contributed by atoms with Crippen LogP contribution >= 0.6 is 47.0 Å². The van der Waals surface area contributed by atoms with Gasteiger partial charge in [-0.1, -0.05) is 99.0 Å². The summed E-state index contributed by atoms with van der Waals surface area (Å²) in [5, 5.41) is 11.5. The first kappa shape index (κ1) is 46.4. The summed E-state index contributed by atoms with van der Waals surface area (Å²) in [4.78, 5) is 57.3. The van der Waals surface area contributed by atoms with Crippen molar-refractivity contribution in [2.24, 2.45) is 0 Å². The molecule has 4 aromatic carbocycles. The molecule has 1 aliphatic rings. The summed E-state index contributed by atoms with van der Waals surface area (Å²) in [6, 6.07) is 23.0. The van der Waals surface area contributed by atoms with Crippen LogP contribution in [0.2, 0.25) is 0 Å². The first-order valence-corrected chi connectivity index (χ1v) is 23.3. The van der Waals surface area contributed by atoms with Crippen molar-refractivity contribution < 1.29 is 38.1 Å². The number of carbonyl (C=O) groups excluding carboxylic acids is 4. The maximum Gasteiger partial charge on any atom is 0.257 e. The van der Waals surface area contributed by atoms with Crippen LogP contribution in [0.5, 0.6) is 23.0 Å². The van der Waals surface area contributed by atoms with E-state index >= 15 is 0 Å². The Bertz CT molecular complexity index is 1730. The third-order valence-electron chi connectivity index (χ3n) is 8.33. The van der Waals surface area contributed by atoms with Gasteiger partial charge in [-0.15, -0.1) is 0 Å². The number of carbonyl (C=O) groups is 4. The number of rotatable bonds is 20. The zero-order chi connectivity index (χ0) is 42.7. The molecule has 8 bridgehead atoms. The van der Waals surface area contributed by atoms with Crippen molar-refractivity contribution >= 4 is 70.7 Å². The number of fused-ring (bicyclic) bond motifs is 8. The summed E-state index contributed by atoms with van der Waals surface area (Å²) in [5.74, 6) is 0.891. The lowest BCUT2D eigenvalue weighted by Gasteiger charge is -2.21. The highest BCUT2D eigenvalue weighted by Crippen LogP contribution is 2.53. The molecule has 0 atom stereocenters. The van der Waals surface area contributed by atoms with Crippen LogP contribution in [0.15, 0.2) is 112 Å². The standard InChI is InChI=1S/C44H52N4O8S4/c1-5-21-45-37(49)25-53-41-29-13-9-14-30(41)58-32-16-11-18-34(43(32)55-27-39(51)47-23-7-3)60-36-20-12-19-35(44(36)56-28-40(52)48-24-8-4)59-33-17-10-15-31(57-29)42(33)54-26-38(50)46-22-6-2/h9-20H,5-8,21-28H2,1-4H3,(H,45,49)(H,46,50)(H,47,51)(H,48,52). The van der Waals surface area contributed by atoms with Gasteiger partial charge in [-0.05, 0) is 74.2 Å². The molecule has 5 rings (SSSR count). The largest absolute Gasteiger partial charge is 0.481 e. The minimum absolute atomic E-state index is 0.216. The van der Waals surface area contributed by atoms with E-state index in [-0.39, 0.29) is 50.1 Å². The minimum Gasteiger partial charge on any atom is -0.481 e. The van der Waals surface area contributed by atoms with Crippen molar-refractivity contribution in [2.45, 2.75) is 92.5 Å². The number of benzene rings is 4. The van der Waals surface area contributed by atoms with E-state index in [4.69, 9.17) is 18.9 Å². The van der Waals surface area contributed by atoms with E-state index < -0.39 is 0 Å². The van der Waals surface area contributed by atoms with Crippen LogP contribution < -0.4 is 40.2 Å². The van der Waals surface area contributed by atoms with Gasteiger partial charge in [-0.2, -0.15) is 0 Å². The maximum absolute atomic E-state index is 12.9. The smallest absolute Gasteiger partial charge is 0.257 e. The fraction of sp³-hybridized carbons (Fsp3) is 0.364. The van der Waals surface area contributed by atoms with Crippen LogP contribution in [-0.4, -0.2) is 76.2 Å². The van der Waals surface area contributed by atoms with Gasteiger partial charge in [0.15, 0.2) is 26.4 Å². The van der Waals surface area contributed by atoms with Crippen molar-refractivity contribution in [1.82, 2.24) is 21.3 Å². The Labute approximate surface area is 369 Å². The van der Waals surface area contributed by atoms with Gasteiger partial charge in [0.05, 0.1) is 39.2 Å². The van der Waals surface area contributed by atoms with Gasteiger partial charge >= 0.3 is 0 Å². The average Bonchev–Trinajstić information content (AvgIpc) is 3.24. The zero-order valence-corrected chi connectivity index (χ0v) is 37.6. The predicted molar refractivity (Wildman–Crippen MR) is 237 cm³/mol. The Morgan fingerprint density at radius 1 is 0.367 bits per heavy atom. The van der Waals surface area contributed by atoms with Crippen molar-refractivity contribution in [2.75, 3.05) is 52.6 Å². The van der Waals surface area contributed by atoms with Crippen molar-refractivity contribution in [3.8, 4) is 23.0 Å². The third-order valence-corrected chi connectivity index (χ3v) is 12.7. The fourth-order valence-corrected chi connectivity index (χ4v) is 9.95. The van der Waals surface area contributed by atoms with E-state index in [1.54, 1.807) is 0 Å². The monoisotopic (exact) mass is 892 g/mol. The Morgan fingerprint density at radius 2 is 0.550 bits per heavy atom. The molecule has 0 unspecified atom stereocenters. The van der Waals surface area contributed by atoms with Gasteiger partial charge in [0.2, 0.25) is 0 Å². The second-order valence-electron chi connectivity index (χ2n) is 13.3. The Hall–Kier alpha value is -4.64. The van der Waals surface area contributed by atoms with Gasteiger partial charge in [-0.3, -0.25) is 19.2 Å². The van der Waals surface area contributed by atoms with Crippen LogP contribution in [0, 0.1) is 0 Å². The van der Waals surface area contributed by atoms with Crippen molar-refractivity contribution in [1.29, 1.82) is 0 Å². The number of nitrogens with one attached hydrogen (secondary N) is 4. The molecule has 0 spiro atoms. The molecule has 0 radical (unpaired) electrons. The second-order valence-corrected chi connectivity index (χ2v) is 17.6. The molecule has 0 fully saturated rings. The molecule has 0 saturated heterocycles. The molecule has 320 valence electrons. The Kier molecular flexibility index (Phi) is 19.0. The second kappa shape index (κ2) is 24.6. The average molecular weight is 893 g/mol. The number of hydrogen-bond acceptors (Lipinski definition) is 12.